The Bertz CT molecular complexity index is 728. The molecular formula is C18H25FIN5S. The van der Waals surface area contributed by atoms with Crippen LogP contribution in [0.4, 0.5) is 10.1 Å². The molecule has 1 N–H and O–H groups in total. The predicted octanol–water partition coefficient (Wildman–Crippen LogP) is 3.15. The number of rotatable bonds is 4. The molecule has 0 atom stereocenters. The zero-order chi connectivity index (χ0) is 17.6. The second-order valence-corrected chi connectivity index (χ2v) is 7.07. The number of nitrogens with one attached hydrogen (secondary N) is 1. The highest BCUT2D eigenvalue weighted by atomic mass is 127. The van der Waals surface area contributed by atoms with Crippen molar-refractivity contribution in [2.24, 2.45) is 4.99 Å². The molecule has 0 amide bonds. The van der Waals surface area contributed by atoms with Gasteiger partial charge in [-0.3, -0.25) is 4.99 Å². The number of hydrogen-bond donors (Lipinski definition) is 1. The predicted molar refractivity (Wildman–Crippen MR) is 118 cm³/mol. The molecule has 1 aromatic carbocycles. The summed E-state index contributed by atoms with van der Waals surface area (Å²) in [7, 11) is 1.80. The van der Waals surface area contributed by atoms with Gasteiger partial charge in [0.15, 0.2) is 5.96 Å². The monoisotopic (exact) mass is 489 g/mol. The Morgan fingerprint density at radius 1 is 1.27 bits per heavy atom. The minimum atomic E-state index is -0.156. The van der Waals surface area contributed by atoms with Gasteiger partial charge in [-0.2, -0.15) is 0 Å². The number of hydrogen-bond acceptors (Lipinski definition) is 4. The number of nitrogens with zero attached hydrogens (tertiary/aromatic N) is 4. The first-order valence-corrected chi connectivity index (χ1v) is 9.41. The molecule has 1 saturated heterocycles. The summed E-state index contributed by atoms with van der Waals surface area (Å²) in [5.74, 6) is 0.747. The van der Waals surface area contributed by atoms with Crippen LogP contribution in [0.3, 0.4) is 0 Å². The lowest BCUT2D eigenvalue weighted by molar-refractivity contribution is 0.371. The summed E-state index contributed by atoms with van der Waals surface area (Å²) in [6, 6.07) is 6.96. The van der Waals surface area contributed by atoms with Crippen molar-refractivity contribution in [2.45, 2.75) is 13.3 Å². The van der Waals surface area contributed by atoms with E-state index in [4.69, 9.17) is 0 Å². The van der Waals surface area contributed by atoms with Gasteiger partial charge in [-0.25, -0.2) is 9.37 Å². The molecule has 0 aliphatic carbocycles. The molecule has 1 fully saturated rings. The number of thiazole rings is 1. The SMILES string of the molecule is CN=C(NCCc1csc(C)n1)N1CCN(c2ccccc2F)CC1.I. The molecule has 1 aliphatic heterocycles. The Labute approximate surface area is 175 Å². The number of guanidine groups is 1. The Morgan fingerprint density at radius 2 is 2.00 bits per heavy atom. The van der Waals surface area contributed by atoms with Crippen LogP contribution in [0.15, 0.2) is 34.6 Å². The van der Waals surface area contributed by atoms with E-state index in [1.807, 2.05) is 19.1 Å². The van der Waals surface area contributed by atoms with Crippen LogP contribution in [-0.2, 0) is 6.42 Å². The van der Waals surface area contributed by atoms with Crippen LogP contribution in [0.25, 0.3) is 0 Å². The standard InChI is InChI=1S/C18H24FN5S.HI/c1-14-22-15(13-25-14)7-8-21-18(20-2)24-11-9-23(10-12-24)17-6-4-3-5-16(17)19;/h3-6,13H,7-12H2,1-2H3,(H,20,21);1H. The van der Waals surface area contributed by atoms with Crippen LogP contribution in [0.2, 0.25) is 0 Å². The van der Waals surface area contributed by atoms with Gasteiger partial charge in [0.2, 0.25) is 0 Å². The zero-order valence-electron chi connectivity index (χ0n) is 15.1. The Balaban J connectivity index is 0.00000243. The fourth-order valence-corrected chi connectivity index (χ4v) is 3.67. The lowest BCUT2D eigenvalue weighted by atomic mass is 10.2. The maximum atomic E-state index is 13.9. The molecule has 3 rings (SSSR count). The highest BCUT2D eigenvalue weighted by Gasteiger charge is 2.21. The van der Waals surface area contributed by atoms with Crippen molar-refractivity contribution in [2.75, 3.05) is 44.7 Å². The average Bonchev–Trinajstić information content (AvgIpc) is 3.05. The third-order valence-electron chi connectivity index (χ3n) is 4.31. The molecule has 1 aromatic heterocycles. The minimum Gasteiger partial charge on any atom is -0.366 e. The number of para-hydroxylation sites is 1. The number of aliphatic imine (C=N–C) groups is 1. The summed E-state index contributed by atoms with van der Waals surface area (Å²) in [6.07, 6.45) is 0.887. The van der Waals surface area contributed by atoms with Crippen LogP contribution in [0.1, 0.15) is 10.7 Å². The highest BCUT2D eigenvalue weighted by Crippen LogP contribution is 2.20. The molecule has 8 heteroatoms. The Kier molecular flexibility index (Phi) is 8.08. The lowest BCUT2D eigenvalue weighted by Crippen LogP contribution is -2.53. The number of aryl methyl sites for hydroxylation is 1. The lowest BCUT2D eigenvalue weighted by Gasteiger charge is -2.37. The fraction of sp³-hybridized carbons (Fsp3) is 0.444. The molecule has 0 unspecified atom stereocenters. The molecule has 5 nitrogen and oxygen atoms in total. The smallest absolute Gasteiger partial charge is 0.193 e. The van der Waals surface area contributed by atoms with E-state index >= 15 is 0 Å². The van der Waals surface area contributed by atoms with Crippen LogP contribution in [-0.4, -0.2) is 55.6 Å². The van der Waals surface area contributed by atoms with Crippen molar-refractivity contribution >= 4 is 47.0 Å². The number of aromatic nitrogens is 1. The summed E-state index contributed by atoms with van der Waals surface area (Å²) >= 11 is 1.68. The van der Waals surface area contributed by atoms with Gasteiger partial charge in [-0.1, -0.05) is 12.1 Å². The van der Waals surface area contributed by atoms with E-state index in [2.05, 4.69) is 30.5 Å². The van der Waals surface area contributed by atoms with Gasteiger partial charge in [0.25, 0.3) is 0 Å². The summed E-state index contributed by atoms with van der Waals surface area (Å²) in [5.41, 5.74) is 1.80. The van der Waals surface area contributed by atoms with Crippen molar-refractivity contribution in [3.05, 3.63) is 46.2 Å². The van der Waals surface area contributed by atoms with E-state index < -0.39 is 0 Å². The molecule has 26 heavy (non-hydrogen) atoms. The van der Waals surface area contributed by atoms with E-state index in [-0.39, 0.29) is 29.8 Å². The molecule has 2 heterocycles. The second-order valence-electron chi connectivity index (χ2n) is 6.01. The van der Waals surface area contributed by atoms with E-state index in [0.717, 1.165) is 55.8 Å². The van der Waals surface area contributed by atoms with Crippen molar-refractivity contribution in [1.29, 1.82) is 0 Å². The molecule has 0 bridgehead atoms. The second kappa shape index (κ2) is 10.1. The van der Waals surface area contributed by atoms with Crippen LogP contribution >= 0.6 is 35.3 Å². The molecule has 0 radical (unpaired) electrons. The number of benzene rings is 1. The molecule has 0 saturated carbocycles. The summed E-state index contributed by atoms with van der Waals surface area (Å²) in [6.45, 7) is 6.05. The quantitative estimate of drug-likeness (QED) is 0.407. The molecule has 0 spiro atoms. The van der Waals surface area contributed by atoms with Gasteiger partial charge < -0.3 is 15.1 Å². The van der Waals surface area contributed by atoms with E-state index in [0.29, 0.717) is 5.69 Å². The van der Waals surface area contributed by atoms with Gasteiger partial charge >= 0.3 is 0 Å². The average molecular weight is 489 g/mol. The largest absolute Gasteiger partial charge is 0.366 e. The van der Waals surface area contributed by atoms with Gasteiger partial charge in [-0.05, 0) is 19.1 Å². The first-order valence-electron chi connectivity index (χ1n) is 8.53. The van der Waals surface area contributed by atoms with Crippen molar-refractivity contribution in [1.82, 2.24) is 15.2 Å². The van der Waals surface area contributed by atoms with Crippen molar-refractivity contribution in [3.63, 3.8) is 0 Å². The molecule has 142 valence electrons. The zero-order valence-corrected chi connectivity index (χ0v) is 18.3. The van der Waals surface area contributed by atoms with Gasteiger partial charge in [0.05, 0.1) is 16.4 Å². The number of halogens is 2. The normalized spacial score (nSPS) is 15.0. The van der Waals surface area contributed by atoms with E-state index in [1.165, 1.54) is 6.07 Å². The van der Waals surface area contributed by atoms with Gasteiger partial charge in [0.1, 0.15) is 5.82 Å². The number of piperazine rings is 1. The van der Waals surface area contributed by atoms with E-state index in [1.54, 1.807) is 24.5 Å². The van der Waals surface area contributed by atoms with E-state index in [9.17, 15) is 4.39 Å². The third-order valence-corrected chi connectivity index (χ3v) is 5.14. The summed E-state index contributed by atoms with van der Waals surface area (Å²) < 4.78 is 13.9. The molecule has 1 aliphatic rings. The molecule has 2 aromatic rings. The van der Waals surface area contributed by atoms with Crippen LogP contribution in [0.5, 0.6) is 0 Å². The minimum absolute atomic E-state index is 0. The summed E-state index contributed by atoms with van der Waals surface area (Å²) in [5, 5.41) is 6.62. The highest BCUT2D eigenvalue weighted by molar-refractivity contribution is 14.0. The Morgan fingerprint density at radius 3 is 2.62 bits per heavy atom. The topological polar surface area (TPSA) is 43.8 Å². The third kappa shape index (κ3) is 5.29. The van der Waals surface area contributed by atoms with Gasteiger partial charge in [0, 0.05) is 51.6 Å². The fourth-order valence-electron chi connectivity index (χ4n) is 3.03. The first-order chi connectivity index (χ1) is 12.2. The van der Waals surface area contributed by atoms with Crippen molar-refractivity contribution in [3.8, 4) is 0 Å². The Hall–Kier alpha value is -1.42. The van der Waals surface area contributed by atoms with Crippen LogP contribution in [0, 0.1) is 12.7 Å². The first kappa shape index (κ1) is 20.9. The van der Waals surface area contributed by atoms with Gasteiger partial charge in [-0.15, -0.1) is 35.3 Å². The van der Waals surface area contributed by atoms with Crippen molar-refractivity contribution < 1.29 is 4.39 Å². The molecular weight excluding hydrogens is 464 g/mol. The summed E-state index contributed by atoms with van der Waals surface area (Å²) in [4.78, 5) is 13.2. The maximum absolute atomic E-state index is 13.9. The van der Waals surface area contributed by atoms with Crippen LogP contribution < -0.4 is 10.2 Å². The number of anilines is 1. The maximum Gasteiger partial charge on any atom is 0.193 e.